The van der Waals surface area contributed by atoms with Crippen molar-refractivity contribution in [1.82, 2.24) is 9.80 Å². The number of hydrogen-bond donors (Lipinski definition) is 0. The predicted molar refractivity (Wildman–Crippen MR) is 140 cm³/mol. The number of likely N-dealkylation sites (tertiary alicyclic amines) is 1. The lowest BCUT2D eigenvalue weighted by Gasteiger charge is -2.33. The monoisotopic (exact) mass is 530 g/mol. The minimum absolute atomic E-state index is 0.0262. The number of methoxy groups -OCH3 is 1. The van der Waals surface area contributed by atoms with E-state index < -0.39 is 17.6 Å². The molecule has 0 saturated carbocycles. The van der Waals surface area contributed by atoms with E-state index in [0.29, 0.717) is 43.2 Å². The van der Waals surface area contributed by atoms with Gasteiger partial charge in [-0.25, -0.2) is 8.78 Å². The van der Waals surface area contributed by atoms with E-state index in [1.807, 2.05) is 17.0 Å². The van der Waals surface area contributed by atoms with Crippen LogP contribution in [0, 0.1) is 17.6 Å². The highest BCUT2D eigenvalue weighted by atomic mass is 35.5. The molecule has 2 aliphatic rings. The van der Waals surface area contributed by atoms with Gasteiger partial charge in [0.25, 0.3) is 0 Å². The first-order valence-electron chi connectivity index (χ1n) is 12.5. The Balaban J connectivity index is 1.56. The second-order valence-corrected chi connectivity index (χ2v) is 11.2. The molecule has 37 heavy (non-hydrogen) atoms. The molecule has 0 spiro atoms. The van der Waals surface area contributed by atoms with Crippen LogP contribution in [0.25, 0.3) is 5.57 Å². The molecule has 2 aliphatic heterocycles. The average Bonchev–Trinajstić information content (AvgIpc) is 3.29. The second-order valence-electron chi connectivity index (χ2n) is 10.8. The molecule has 8 heteroatoms. The minimum atomic E-state index is -0.628. The van der Waals surface area contributed by atoms with Gasteiger partial charge < -0.3 is 9.64 Å². The summed E-state index contributed by atoms with van der Waals surface area (Å²) in [7, 11) is 1.35. The molecule has 0 N–H and O–H groups in total. The maximum absolute atomic E-state index is 14.8. The Hall–Kier alpha value is -2.77. The molecule has 2 aromatic rings. The van der Waals surface area contributed by atoms with Crippen LogP contribution < -0.4 is 0 Å². The van der Waals surface area contributed by atoms with Gasteiger partial charge in [-0.3, -0.25) is 14.5 Å². The molecule has 0 aromatic heterocycles. The molecular weight excluding hydrogens is 498 g/mol. The standard InChI is InChI=1S/C29H33ClF2N2O3/c1-29(2,3)34-16-24(23-8-6-21(31)15-26(23)32)25(17-34)28(36)33-11-9-18(10-12-33)22-7-5-20(30)13-19(22)14-27(35)37-4/h5-9,13,15,24-25H,10-12,14,16-17H2,1-4H3/t24?,25-/m1/s1. The van der Waals surface area contributed by atoms with E-state index in [1.54, 1.807) is 12.1 Å². The van der Waals surface area contributed by atoms with Crippen LogP contribution in [-0.4, -0.2) is 60.5 Å². The van der Waals surface area contributed by atoms with Gasteiger partial charge in [-0.05, 0) is 67.7 Å². The van der Waals surface area contributed by atoms with Crippen LogP contribution in [0.5, 0.6) is 0 Å². The number of carbonyl (C=O) groups excluding carboxylic acids is 2. The highest BCUT2D eigenvalue weighted by molar-refractivity contribution is 6.30. The first-order chi connectivity index (χ1) is 17.5. The summed E-state index contributed by atoms with van der Waals surface area (Å²) in [6.45, 7) is 8.19. The molecular formula is C29H33ClF2N2O3. The number of benzene rings is 2. The molecule has 5 nitrogen and oxygen atoms in total. The summed E-state index contributed by atoms with van der Waals surface area (Å²) in [5.74, 6) is -2.40. The van der Waals surface area contributed by atoms with E-state index in [4.69, 9.17) is 16.3 Å². The zero-order chi connectivity index (χ0) is 26.9. The Morgan fingerprint density at radius 3 is 2.49 bits per heavy atom. The van der Waals surface area contributed by atoms with Crippen molar-refractivity contribution in [3.05, 3.63) is 75.8 Å². The Morgan fingerprint density at radius 1 is 1.11 bits per heavy atom. The molecule has 4 rings (SSSR count). The van der Waals surface area contributed by atoms with Gasteiger partial charge in [-0.15, -0.1) is 0 Å². The summed E-state index contributed by atoms with van der Waals surface area (Å²) in [6.07, 6.45) is 2.74. The van der Waals surface area contributed by atoms with Crippen LogP contribution in [0.4, 0.5) is 8.78 Å². The quantitative estimate of drug-likeness (QED) is 0.481. The smallest absolute Gasteiger partial charge is 0.310 e. The molecule has 2 heterocycles. The summed E-state index contributed by atoms with van der Waals surface area (Å²) in [6, 6.07) is 9.08. The third-order valence-electron chi connectivity index (χ3n) is 7.44. The lowest BCUT2D eigenvalue weighted by Crippen LogP contribution is -2.43. The Kier molecular flexibility index (Phi) is 8.05. The summed E-state index contributed by atoms with van der Waals surface area (Å²) < 4.78 is 33.2. The zero-order valence-electron chi connectivity index (χ0n) is 21.7. The molecule has 2 atom stereocenters. The molecule has 1 fully saturated rings. The van der Waals surface area contributed by atoms with Gasteiger partial charge >= 0.3 is 5.97 Å². The van der Waals surface area contributed by atoms with Crippen LogP contribution in [-0.2, 0) is 20.7 Å². The van der Waals surface area contributed by atoms with E-state index in [-0.39, 0.29) is 29.8 Å². The molecule has 198 valence electrons. The number of nitrogens with zero attached hydrogens (tertiary/aromatic N) is 2. The van der Waals surface area contributed by atoms with E-state index in [9.17, 15) is 18.4 Å². The Bertz CT molecular complexity index is 1220. The van der Waals surface area contributed by atoms with E-state index in [1.165, 1.54) is 19.2 Å². The second kappa shape index (κ2) is 10.9. The van der Waals surface area contributed by atoms with Gasteiger partial charge in [0.2, 0.25) is 5.91 Å². The van der Waals surface area contributed by atoms with Crippen LogP contribution in [0.3, 0.4) is 0 Å². The number of esters is 1. The lowest BCUT2D eigenvalue weighted by atomic mass is 9.87. The van der Waals surface area contributed by atoms with Crippen molar-refractivity contribution >= 4 is 29.1 Å². The van der Waals surface area contributed by atoms with Crippen molar-refractivity contribution in [3.63, 3.8) is 0 Å². The van der Waals surface area contributed by atoms with Crippen molar-refractivity contribution in [2.24, 2.45) is 5.92 Å². The van der Waals surface area contributed by atoms with E-state index >= 15 is 0 Å². The van der Waals surface area contributed by atoms with Crippen LogP contribution >= 0.6 is 11.6 Å². The third kappa shape index (κ3) is 6.04. The van der Waals surface area contributed by atoms with Crippen LogP contribution in [0.15, 0.2) is 42.5 Å². The molecule has 2 aromatic carbocycles. The van der Waals surface area contributed by atoms with Crippen molar-refractivity contribution in [2.75, 3.05) is 33.3 Å². The molecule has 0 radical (unpaired) electrons. The van der Waals surface area contributed by atoms with Gasteiger partial charge in [0, 0.05) is 48.7 Å². The van der Waals surface area contributed by atoms with E-state index in [2.05, 4.69) is 25.7 Å². The lowest BCUT2D eigenvalue weighted by molar-refractivity contribution is -0.139. The van der Waals surface area contributed by atoms with Gasteiger partial charge in [0.05, 0.1) is 19.4 Å². The number of hydrogen-bond acceptors (Lipinski definition) is 4. The first kappa shape index (κ1) is 27.3. The van der Waals surface area contributed by atoms with Crippen molar-refractivity contribution < 1.29 is 23.1 Å². The largest absolute Gasteiger partial charge is 0.469 e. The number of halogens is 3. The highest BCUT2D eigenvalue weighted by Gasteiger charge is 2.44. The van der Waals surface area contributed by atoms with Crippen LogP contribution in [0.1, 0.15) is 49.8 Å². The SMILES string of the molecule is COC(=O)Cc1cc(Cl)ccc1C1=CCN(C(=O)[C@@H]2CN(C(C)(C)C)CC2c2ccc(F)cc2F)CC1. The van der Waals surface area contributed by atoms with Gasteiger partial charge in [0.15, 0.2) is 0 Å². The molecule has 1 amide bonds. The summed E-state index contributed by atoms with van der Waals surface area (Å²) in [5, 5.41) is 0.541. The zero-order valence-corrected chi connectivity index (χ0v) is 22.4. The molecule has 0 aliphatic carbocycles. The Morgan fingerprint density at radius 2 is 1.86 bits per heavy atom. The van der Waals surface area contributed by atoms with E-state index in [0.717, 1.165) is 22.8 Å². The number of amides is 1. The predicted octanol–water partition coefficient (Wildman–Crippen LogP) is 5.46. The van der Waals surface area contributed by atoms with Crippen molar-refractivity contribution in [1.29, 1.82) is 0 Å². The number of ether oxygens (including phenoxy) is 1. The Labute approximate surface area is 222 Å². The topological polar surface area (TPSA) is 49.9 Å². The molecule has 1 saturated heterocycles. The van der Waals surface area contributed by atoms with Crippen LogP contribution in [0.2, 0.25) is 5.02 Å². The fraction of sp³-hybridized carbons (Fsp3) is 0.448. The first-order valence-corrected chi connectivity index (χ1v) is 12.9. The summed E-state index contributed by atoms with van der Waals surface area (Å²) in [5.41, 5.74) is 2.95. The normalized spacial score (nSPS) is 20.6. The van der Waals surface area contributed by atoms with Gasteiger partial charge in [-0.2, -0.15) is 0 Å². The number of rotatable bonds is 5. The third-order valence-corrected chi connectivity index (χ3v) is 7.68. The fourth-order valence-corrected chi connectivity index (χ4v) is 5.51. The number of carbonyl (C=O) groups is 2. The summed E-state index contributed by atoms with van der Waals surface area (Å²) >= 11 is 6.17. The average molecular weight is 531 g/mol. The van der Waals surface area contributed by atoms with Gasteiger partial charge in [0.1, 0.15) is 11.6 Å². The van der Waals surface area contributed by atoms with Crippen molar-refractivity contribution in [3.8, 4) is 0 Å². The highest BCUT2D eigenvalue weighted by Crippen LogP contribution is 2.39. The summed E-state index contributed by atoms with van der Waals surface area (Å²) in [4.78, 5) is 29.7. The maximum Gasteiger partial charge on any atom is 0.310 e. The molecule has 0 bridgehead atoms. The fourth-order valence-electron chi connectivity index (χ4n) is 5.32. The minimum Gasteiger partial charge on any atom is -0.469 e. The molecule has 1 unspecified atom stereocenters. The van der Waals surface area contributed by atoms with Crippen molar-refractivity contribution in [2.45, 2.75) is 45.1 Å². The maximum atomic E-state index is 14.8. The van der Waals surface area contributed by atoms with Gasteiger partial charge in [-0.1, -0.05) is 29.8 Å².